The minimum atomic E-state index is -2.56. The van der Waals surface area contributed by atoms with Crippen molar-refractivity contribution in [1.82, 2.24) is 0 Å². The van der Waals surface area contributed by atoms with Crippen LogP contribution in [0.15, 0.2) is 218 Å². The summed E-state index contributed by atoms with van der Waals surface area (Å²) in [7, 11) is -2.56. The molecule has 9 aromatic rings. The molecule has 51 heavy (non-hydrogen) atoms. The summed E-state index contributed by atoms with van der Waals surface area (Å²) in [6, 6.07) is 80.5. The third-order valence-electron chi connectivity index (χ3n) is 10.4. The average molecular weight is 665 g/mol. The Hall–Kier alpha value is -6.28. The molecule has 0 saturated carbocycles. The van der Waals surface area contributed by atoms with Crippen molar-refractivity contribution in [3.8, 4) is 33.4 Å². The molecule has 240 valence electrons. The molecule has 0 heterocycles. The monoisotopic (exact) mass is 664 g/mol. The molecule has 0 bridgehead atoms. The van der Waals surface area contributed by atoms with Crippen LogP contribution < -0.4 is 20.7 Å². The minimum absolute atomic E-state index is 1.21. The zero-order valence-corrected chi connectivity index (χ0v) is 29.3. The van der Waals surface area contributed by atoms with Crippen LogP contribution in [0.4, 0.5) is 0 Å². The Labute approximate surface area is 301 Å². The van der Waals surface area contributed by atoms with Gasteiger partial charge in [-0.1, -0.05) is 218 Å². The van der Waals surface area contributed by atoms with E-state index in [0.717, 1.165) is 0 Å². The first-order valence-corrected chi connectivity index (χ1v) is 19.7. The van der Waals surface area contributed by atoms with Gasteiger partial charge in [-0.25, -0.2) is 0 Å². The molecule has 0 atom stereocenters. The van der Waals surface area contributed by atoms with Crippen molar-refractivity contribution < 1.29 is 0 Å². The quantitative estimate of drug-likeness (QED) is 0.0904. The van der Waals surface area contributed by atoms with Gasteiger partial charge in [0.25, 0.3) is 0 Å². The second kappa shape index (κ2) is 13.2. The van der Waals surface area contributed by atoms with Crippen molar-refractivity contribution in [3.63, 3.8) is 0 Å². The highest BCUT2D eigenvalue weighted by atomic mass is 28.3. The molecule has 0 N–H and O–H groups in total. The highest BCUT2D eigenvalue weighted by Crippen LogP contribution is 2.43. The summed E-state index contributed by atoms with van der Waals surface area (Å²) in [5.41, 5.74) is 7.48. The van der Waals surface area contributed by atoms with E-state index in [-0.39, 0.29) is 0 Å². The lowest BCUT2D eigenvalue weighted by Gasteiger charge is -2.34. The Morgan fingerprint density at radius 1 is 0.196 bits per heavy atom. The fraction of sp³-hybridized carbons (Fsp3) is 0. The Morgan fingerprint density at radius 2 is 0.451 bits per heavy atom. The van der Waals surface area contributed by atoms with E-state index in [2.05, 4.69) is 218 Å². The van der Waals surface area contributed by atoms with Crippen LogP contribution in [-0.2, 0) is 0 Å². The maximum Gasteiger partial charge on any atom is 0.179 e. The zero-order valence-electron chi connectivity index (χ0n) is 28.3. The molecule has 0 aliphatic heterocycles. The largest absolute Gasteiger partial charge is 0.179 e. The number of hydrogen-bond donors (Lipinski definition) is 0. The fourth-order valence-electron chi connectivity index (χ4n) is 8.16. The van der Waals surface area contributed by atoms with Crippen molar-refractivity contribution in [2.24, 2.45) is 0 Å². The van der Waals surface area contributed by atoms with Gasteiger partial charge >= 0.3 is 0 Å². The van der Waals surface area contributed by atoms with E-state index in [4.69, 9.17) is 0 Å². The van der Waals surface area contributed by atoms with Gasteiger partial charge in [-0.15, -0.1) is 0 Å². The molecule has 0 unspecified atom stereocenters. The lowest BCUT2D eigenvalue weighted by Crippen LogP contribution is -2.74. The molecule has 0 aliphatic carbocycles. The van der Waals surface area contributed by atoms with Gasteiger partial charge in [0.2, 0.25) is 0 Å². The smallest absolute Gasteiger partial charge is 0.0623 e. The molecule has 9 rings (SSSR count). The fourth-order valence-corrected chi connectivity index (χ4v) is 12.9. The average Bonchev–Trinajstić information content (AvgIpc) is 3.22. The van der Waals surface area contributed by atoms with Crippen molar-refractivity contribution in [1.29, 1.82) is 0 Å². The van der Waals surface area contributed by atoms with Gasteiger partial charge in [-0.3, -0.25) is 0 Å². The summed E-state index contributed by atoms with van der Waals surface area (Å²) in [6.07, 6.45) is 0. The molecule has 1 heteroatoms. The van der Waals surface area contributed by atoms with Gasteiger partial charge < -0.3 is 0 Å². The Kier molecular flexibility index (Phi) is 7.96. The van der Waals surface area contributed by atoms with E-state index < -0.39 is 8.07 Å². The summed E-state index contributed by atoms with van der Waals surface area (Å²) in [6.45, 7) is 0. The molecule has 0 amide bonds. The Morgan fingerprint density at radius 3 is 0.824 bits per heavy atom. The van der Waals surface area contributed by atoms with Gasteiger partial charge in [-0.05, 0) is 75.7 Å². The van der Waals surface area contributed by atoms with Crippen LogP contribution in [0.1, 0.15) is 0 Å². The maximum absolute atomic E-state index is 2.56. The van der Waals surface area contributed by atoms with Crippen LogP contribution in [0, 0.1) is 0 Å². The van der Waals surface area contributed by atoms with E-state index >= 15 is 0 Å². The molecule has 0 saturated heterocycles. The van der Waals surface area contributed by atoms with Crippen LogP contribution in [0.2, 0.25) is 0 Å². The summed E-state index contributed by atoms with van der Waals surface area (Å²) in [5, 5.41) is 10.6. The zero-order chi connectivity index (χ0) is 34.0. The molecule has 0 fully saturated rings. The number of benzene rings is 9. The lowest BCUT2D eigenvalue weighted by atomic mass is 9.86. The van der Waals surface area contributed by atoms with Gasteiger partial charge in [0.15, 0.2) is 8.07 Å². The summed E-state index contributed by atoms with van der Waals surface area (Å²) >= 11 is 0. The van der Waals surface area contributed by atoms with Crippen molar-refractivity contribution in [2.75, 3.05) is 0 Å². The SMILES string of the molecule is c1ccc(-c2c3ccccc3c(-c3ccc(-c4ccc([Si](c5ccccc5)(c5ccccc5)c5ccccc5)cc4)cc3)c3ccccc23)cc1. The first-order valence-electron chi connectivity index (χ1n) is 17.7. The van der Waals surface area contributed by atoms with Crippen LogP contribution in [0.3, 0.4) is 0 Å². The predicted molar refractivity (Wildman–Crippen MR) is 221 cm³/mol. The van der Waals surface area contributed by atoms with E-state index in [1.807, 2.05) is 0 Å². The van der Waals surface area contributed by atoms with Crippen LogP contribution in [0.5, 0.6) is 0 Å². The molecule has 0 nitrogen and oxygen atoms in total. The van der Waals surface area contributed by atoms with Gasteiger partial charge in [0, 0.05) is 0 Å². The van der Waals surface area contributed by atoms with Crippen molar-refractivity contribution in [3.05, 3.63) is 218 Å². The van der Waals surface area contributed by atoms with Crippen LogP contribution >= 0.6 is 0 Å². The molecular weight excluding hydrogens is 629 g/mol. The molecule has 0 aromatic heterocycles. The molecular formula is C50H36Si. The van der Waals surface area contributed by atoms with Gasteiger partial charge in [-0.2, -0.15) is 0 Å². The Balaban J connectivity index is 1.15. The van der Waals surface area contributed by atoms with Crippen LogP contribution in [0.25, 0.3) is 54.9 Å². The first-order chi connectivity index (χ1) is 25.3. The maximum atomic E-state index is 2.38. The summed E-state index contributed by atoms with van der Waals surface area (Å²) in [5.74, 6) is 0. The third kappa shape index (κ3) is 5.31. The third-order valence-corrected chi connectivity index (χ3v) is 15.2. The second-order valence-electron chi connectivity index (χ2n) is 13.2. The highest BCUT2D eigenvalue weighted by Gasteiger charge is 2.41. The topological polar surface area (TPSA) is 0 Å². The summed E-state index contributed by atoms with van der Waals surface area (Å²) < 4.78 is 0. The van der Waals surface area contributed by atoms with Crippen LogP contribution in [-0.4, -0.2) is 8.07 Å². The molecule has 0 spiro atoms. The molecule has 0 radical (unpaired) electrons. The number of rotatable bonds is 7. The normalized spacial score (nSPS) is 11.5. The first kappa shape index (κ1) is 30.8. The number of fused-ring (bicyclic) bond motifs is 2. The molecule has 0 aliphatic rings. The van der Waals surface area contributed by atoms with Gasteiger partial charge in [0.1, 0.15) is 0 Å². The highest BCUT2D eigenvalue weighted by molar-refractivity contribution is 7.19. The van der Waals surface area contributed by atoms with E-state index in [0.29, 0.717) is 0 Å². The van der Waals surface area contributed by atoms with E-state index in [9.17, 15) is 0 Å². The second-order valence-corrected chi connectivity index (χ2v) is 17.0. The van der Waals surface area contributed by atoms with Gasteiger partial charge in [0.05, 0.1) is 0 Å². The standard InChI is InChI=1S/C50H36Si/c1-5-17-39(18-6-1)49-45-25-13-15-27-47(45)50(48-28-16-14-26-46(48)49)40-31-29-37(30-32-40)38-33-35-44(36-34-38)51(41-19-7-2-8-20-41,42-21-9-3-10-22-42)43-23-11-4-12-24-43/h1-36H. The lowest BCUT2D eigenvalue weighted by molar-refractivity contribution is 1.61. The summed E-state index contributed by atoms with van der Waals surface area (Å²) in [4.78, 5) is 0. The van der Waals surface area contributed by atoms with Crippen molar-refractivity contribution in [2.45, 2.75) is 0 Å². The molecule has 9 aromatic carbocycles. The predicted octanol–water partition coefficient (Wildman–Crippen LogP) is 10.4. The number of hydrogen-bond acceptors (Lipinski definition) is 0. The van der Waals surface area contributed by atoms with Crippen molar-refractivity contribution >= 4 is 50.4 Å². The van der Waals surface area contributed by atoms with E-state index in [1.165, 1.54) is 75.7 Å². The minimum Gasteiger partial charge on any atom is -0.0623 e. The van der Waals surface area contributed by atoms with E-state index in [1.54, 1.807) is 0 Å². The Bertz CT molecular complexity index is 2420.